The Kier molecular flexibility index (Phi) is 4.89. The second-order valence-corrected chi connectivity index (χ2v) is 6.68. The Morgan fingerprint density at radius 1 is 1.15 bits per heavy atom. The molecule has 0 heterocycles. The van der Waals surface area contributed by atoms with Gasteiger partial charge in [0.2, 0.25) is 0 Å². The summed E-state index contributed by atoms with van der Waals surface area (Å²) in [5, 5.41) is 14.9. The van der Waals surface area contributed by atoms with E-state index in [9.17, 15) is 9.59 Å². The van der Waals surface area contributed by atoms with Crippen LogP contribution in [0.4, 0.5) is 4.79 Å². The van der Waals surface area contributed by atoms with Crippen molar-refractivity contribution in [2.24, 2.45) is 11.3 Å². The van der Waals surface area contributed by atoms with Crippen LogP contribution < -0.4 is 10.6 Å². The van der Waals surface area contributed by atoms with Gasteiger partial charge in [0.1, 0.15) is 0 Å². The molecule has 0 radical (unpaired) electrons. The Bertz CT molecular complexity index is 364. The summed E-state index contributed by atoms with van der Waals surface area (Å²) >= 11 is 0. The molecule has 2 rings (SSSR count). The van der Waals surface area contributed by atoms with Gasteiger partial charge in [-0.2, -0.15) is 0 Å². The monoisotopic (exact) mass is 282 g/mol. The number of carboxylic acid groups (broad SMARTS) is 1. The number of carbonyl (C=O) groups is 2. The van der Waals surface area contributed by atoms with Gasteiger partial charge in [-0.15, -0.1) is 0 Å². The van der Waals surface area contributed by atoms with E-state index in [1.165, 1.54) is 19.3 Å². The van der Waals surface area contributed by atoms with Gasteiger partial charge in [-0.25, -0.2) is 4.79 Å². The van der Waals surface area contributed by atoms with Gasteiger partial charge in [-0.3, -0.25) is 4.79 Å². The number of aliphatic carboxylic acids is 1. The number of urea groups is 1. The minimum Gasteiger partial charge on any atom is -0.481 e. The third-order valence-corrected chi connectivity index (χ3v) is 4.89. The quantitative estimate of drug-likeness (QED) is 0.741. The van der Waals surface area contributed by atoms with Gasteiger partial charge in [-0.05, 0) is 31.1 Å². The standard InChI is InChI=1S/C15H26N2O3/c1-15(8-3-2-4-9-15)10-16-14(20)17-12-7-5-6-11(12)13(18)19/h11-12H,2-10H2,1H3,(H,18,19)(H2,16,17,20). The third kappa shape index (κ3) is 3.87. The molecular formula is C15H26N2O3. The molecule has 0 aliphatic heterocycles. The molecule has 5 heteroatoms. The number of carboxylic acids is 1. The first kappa shape index (κ1) is 15.1. The van der Waals surface area contributed by atoms with Gasteiger partial charge in [0, 0.05) is 12.6 Å². The molecule has 20 heavy (non-hydrogen) atoms. The third-order valence-electron chi connectivity index (χ3n) is 4.89. The van der Waals surface area contributed by atoms with Crippen molar-refractivity contribution >= 4 is 12.0 Å². The fourth-order valence-electron chi connectivity index (χ4n) is 3.52. The number of hydrogen-bond acceptors (Lipinski definition) is 2. The fraction of sp³-hybridized carbons (Fsp3) is 0.867. The average molecular weight is 282 g/mol. The zero-order chi connectivity index (χ0) is 14.6. The van der Waals surface area contributed by atoms with E-state index in [1.807, 2.05) is 0 Å². The second kappa shape index (κ2) is 6.46. The van der Waals surface area contributed by atoms with Crippen LogP contribution in [-0.4, -0.2) is 29.7 Å². The first-order valence-electron chi connectivity index (χ1n) is 7.77. The highest BCUT2D eigenvalue weighted by atomic mass is 16.4. The molecule has 114 valence electrons. The van der Waals surface area contributed by atoms with Crippen molar-refractivity contribution < 1.29 is 14.7 Å². The van der Waals surface area contributed by atoms with Crippen molar-refractivity contribution in [3.05, 3.63) is 0 Å². The highest BCUT2D eigenvalue weighted by Gasteiger charge is 2.34. The molecule has 3 N–H and O–H groups in total. The number of carbonyl (C=O) groups excluding carboxylic acids is 1. The van der Waals surface area contributed by atoms with E-state index in [-0.39, 0.29) is 17.5 Å². The van der Waals surface area contributed by atoms with E-state index < -0.39 is 11.9 Å². The molecule has 0 aromatic carbocycles. The minimum absolute atomic E-state index is 0.206. The van der Waals surface area contributed by atoms with E-state index >= 15 is 0 Å². The SMILES string of the molecule is CC1(CNC(=O)NC2CCCC2C(=O)O)CCCCC1. The van der Waals surface area contributed by atoms with Crippen molar-refractivity contribution in [3.8, 4) is 0 Å². The van der Waals surface area contributed by atoms with Crippen molar-refractivity contribution in [1.82, 2.24) is 10.6 Å². The molecule has 0 saturated heterocycles. The number of amides is 2. The second-order valence-electron chi connectivity index (χ2n) is 6.68. The van der Waals surface area contributed by atoms with Crippen molar-refractivity contribution in [3.63, 3.8) is 0 Å². The molecule has 0 bridgehead atoms. The normalized spacial score (nSPS) is 28.9. The lowest BCUT2D eigenvalue weighted by atomic mass is 9.76. The van der Waals surface area contributed by atoms with Crippen LogP contribution in [0.5, 0.6) is 0 Å². The first-order chi connectivity index (χ1) is 9.50. The smallest absolute Gasteiger partial charge is 0.315 e. The van der Waals surface area contributed by atoms with Crippen LogP contribution in [0.15, 0.2) is 0 Å². The van der Waals surface area contributed by atoms with Crippen LogP contribution in [0.1, 0.15) is 58.3 Å². The van der Waals surface area contributed by atoms with Crippen molar-refractivity contribution in [2.45, 2.75) is 64.3 Å². The van der Waals surface area contributed by atoms with Crippen LogP contribution >= 0.6 is 0 Å². The summed E-state index contributed by atoms with van der Waals surface area (Å²) in [6, 6.07) is -0.429. The van der Waals surface area contributed by atoms with E-state index in [0.29, 0.717) is 13.0 Å². The fourth-order valence-corrected chi connectivity index (χ4v) is 3.52. The first-order valence-corrected chi connectivity index (χ1v) is 7.77. The van der Waals surface area contributed by atoms with Gasteiger partial charge in [-0.1, -0.05) is 32.6 Å². The number of rotatable bonds is 4. The number of hydrogen-bond donors (Lipinski definition) is 3. The molecule has 2 unspecified atom stereocenters. The van der Waals surface area contributed by atoms with Gasteiger partial charge in [0.25, 0.3) is 0 Å². The zero-order valence-electron chi connectivity index (χ0n) is 12.3. The summed E-state index contributed by atoms with van der Waals surface area (Å²) in [6.07, 6.45) is 8.40. The van der Waals surface area contributed by atoms with Gasteiger partial charge >= 0.3 is 12.0 Å². The number of nitrogens with one attached hydrogen (secondary N) is 2. The Morgan fingerprint density at radius 2 is 1.85 bits per heavy atom. The maximum atomic E-state index is 11.9. The summed E-state index contributed by atoms with van der Waals surface area (Å²) in [6.45, 7) is 2.91. The Hall–Kier alpha value is -1.26. The lowest BCUT2D eigenvalue weighted by Gasteiger charge is -2.33. The van der Waals surface area contributed by atoms with Crippen LogP contribution in [0, 0.1) is 11.3 Å². The van der Waals surface area contributed by atoms with Gasteiger partial charge in [0.15, 0.2) is 0 Å². The molecule has 0 aromatic heterocycles. The van der Waals surface area contributed by atoms with E-state index in [4.69, 9.17) is 5.11 Å². The van der Waals surface area contributed by atoms with E-state index in [0.717, 1.165) is 25.7 Å². The minimum atomic E-state index is -0.799. The lowest BCUT2D eigenvalue weighted by Crippen LogP contribution is -2.48. The summed E-state index contributed by atoms with van der Waals surface area (Å²) in [5.74, 6) is -1.22. The summed E-state index contributed by atoms with van der Waals surface area (Å²) in [5.41, 5.74) is 0.206. The predicted octanol–water partition coefficient (Wildman–Crippen LogP) is 2.51. The summed E-state index contributed by atoms with van der Waals surface area (Å²) in [4.78, 5) is 23.0. The summed E-state index contributed by atoms with van der Waals surface area (Å²) in [7, 11) is 0. The molecule has 2 aliphatic carbocycles. The Morgan fingerprint density at radius 3 is 2.50 bits per heavy atom. The van der Waals surface area contributed by atoms with Gasteiger partial charge in [0.05, 0.1) is 5.92 Å². The molecule has 2 aliphatic rings. The summed E-state index contributed by atoms with van der Waals surface area (Å²) < 4.78 is 0. The van der Waals surface area contributed by atoms with Crippen molar-refractivity contribution in [1.29, 1.82) is 0 Å². The van der Waals surface area contributed by atoms with Crippen LogP contribution in [0.3, 0.4) is 0 Å². The molecule has 2 fully saturated rings. The van der Waals surface area contributed by atoms with Crippen LogP contribution in [0.2, 0.25) is 0 Å². The molecule has 2 atom stereocenters. The molecular weight excluding hydrogens is 256 g/mol. The highest BCUT2D eigenvalue weighted by Crippen LogP contribution is 2.34. The predicted molar refractivity (Wildman–Crippen MR) is 76.5 cm³/mol. The van der Waals surface area contributed by atoms with E-state index in [2.05, 4.69) is 17.6 Å². The van der Waals surface area contributed by atoms with Gasteiger partial charge < -0.3 is 15.7 Å². The molecule has 0 spiro atoms. The molecule has 0 aromatic rings. The molecule has 2 amide bonds. The maximum absolute atomic E-state index is 11.9. The largest absolute Gasteiger partial charge is 0.481 e. The maximum Gasteiger partial charge on any atom is 0.315 e. The molecule has 2 saturated carbocycles. The highest BCUT2D eigenvalue weighted by molar-refractivity contribution is 5.77. The Labute approximate surface area is 120 Å². The average Bonchev–Trinajstić information content (AvgIpc) is 2.86. The van der Waals surface area contributed by atoms with Crippen molar-refractivity contribution in [2.75, 3.05) is 6.54 Å². The topological polar surface area (TPSA) is 78.4 Å². The lowest BCUT2D eigenvalue weighted by molar-refractivity contribution is -0.142. The zero-order valence-corrected chi connectivity index (χ0v) is 12.3. The van der Waals surface area contributed by atoms with E-state index in [1.54, 1.807) is 0 Å². The van der Waals surface area contributed by atoms with Crippen LogP contribution in [0.25, 0.3) is 0 Å². The molecule has 5 nitrogen and oxygen atoms in total. The Balaban J connectivity index is 1.76. The van der Waals surface area contributed by atoms with Crippen LogP contribution in [-0.2, 0) is 4.79 Å².